The first kappa shape index (κ1) is 27.5. The number of benzene rings is 1. The SMILES string of the molecule is CC(=O)Oc1c(C)c(C)c2c(c1C)[C@@H](I)C[C@](C)(CC[C@@H](C)CC[C@@H](C)CCC(C)C)O2. The normalized spacial score (nSPS) is 22.3. The molecule has 0 aromatic heterocycles. The summed E-state index contributed by atoms with van der Waals surface area (Å²) in [4.78, 5) is 11.6. The third-order valence-corrected chi connectivity index (χ3v) is 8.37. The predicted octanol–water partition coefficient (Wildman–Crippen LogP) is 8.82. The summed E-state index contributed by atoms with van der Waals surface area (Å²) in [5.74, 6) is 3.81. The lowest BCUT2D eigenvalue weighted by molar-refractivity contribution is -0.132. The molecule has 0 amide bonds. The van der Waals surface area contributed by atoms with Crippen molar-refractivity contribution in [2.45, 2.75) is 117 Å². The molecule has 32 heavy (non-hydrogen) atoms. The van der Waals surface area contributed by atoms with Crippen molar-refractivity contribution in [1.82, 2.24) is 0 Å². The Morgan fingerprint density at radius 2 is 1.56 bits per heavy atom. The molecule has 0 fully saturated rings. The van der Waals surface area contributed by atoms with Crippen LogP contribution in [0.15, 0.2) is 0 Å². The molecule has 0 saturated heterocycles. The molecule has 1 aliphatic rings. The first-order chi connectivity index (χ1) is 14.8. The molecular formula is C28H45IO3. The fourth-order valence-corrected chi connectivity index (χ4v) is 6.55. The predicted molar refractivity (Wildman–Crippen MR) is 143 cm³/mol. The largest absolute Gasteiger partial charge is 0.487 e. The summed E-state index contributed by atoms with van der Waals surface area (Å²) in [6.07, 6.45) is 8.61. The molecule has 1 heterocycles. The van der Waals surface area contributed by atoms with Crippen LogP contribution in [0, 0.1) is 38.5 Å². The third kappa shape index (κ3) is 7.11. The van der Waals surface area contributed by atoms with Crippen LogP contribution in [0.1, 0.15) is 113 Å². The molecule has 1 aliphatic heterocycles. The Bertz CT molecular complexity index is 801. The summed E-state index contributed by atoms with van der Waals surface area (Å²) in [6, 6.07) is 0. The van der Waals surface area contributed by atoms with Crippen LogP contribution in [-0.2, 0) is 4.79 Å². The summed E-state index contributed by atoms with van der Waals surface area (Å²) >= 11 is 2.55. The first-order valence-electron chi connectivity index (χ1n) is 12.5. The topological polar surface area (TPSA) is 35.5 Å². The lowest BCUT2D eigenvalue weighted by Crippen LogP contribution is -2.38. The van der Waals surface area contributed by atoms with Gasteiger partial charge in [0.15, 0.2) is 0 Å². The van der Waals surface area contributed by atoms with Crippen molar-refractivity contribution in [3.63, 3.8) is 0 Å². The number of rotatable bonds is 10. The van der Waals surface area contributed by atoms with Crippen LogP contribution in [0.2, 0.25) is 0 Å². The highest BCUT2D eigenvalue weighted by molar-refractivity contribution is 14.1. The standard InChI is InChI=1S/C28H45IO3/c1-17(2)10-11-18(3)12-13-19(4)14-15-28(9)16-24(29)25-22(7)26(31-23(8)30)20(5)21(6)27(25)32-28/h17-19,24H,10-16H2,1-9H3/t18-,19-,24-,28-/m0/s1. The molecule has 0 spiro atoms. The molecule has 4 atom stereocenters. The Labute approximate surface area is 210 Å². The first-order valence-corrected chi connectivity index (χ1v) is 13.7. The highest BCUT2D eigenvalue weighted by Crippen LogP contribution is 2.52. The van der Waals surface area contributed by atoms with E-state index in [1.165, 1.54) is 44.6 Å². The van der Waals surface area contributed by atoms with Gasteiger partial charge >= 0.3 is 5.97 Å². The average molecular weight is 557 g/mol. The number of ether oxygens (including phenoxy) is 2. The van der Waals surface area contributed by atoms with Crippen LogP contribution in [0.4, 0.5) is 0 Å². The Kier molecular flexibility index (Phi) is 9.93. The van der Waals surface area contributed by atoms with Crippen LogP contribution in [-0.4, -0.2) is 11.6 Å². The second kappa shape index (κ2) is 11.6. The smallest absolute Gasteiger partial charge is 0.308 e. The lowest BCUT2D eigenvalue weighted by Gasteiger charge is -2.41. The van der Waals surface area contributed by atoms with Gasteiger partial charge in [-0.05, 0) is 69.4 Å². The van der Waals surface area contributed by atoms with Crippen molar-refractivity contribution >= 4 is 28.6 Å². The van der Waals surface area contributed by atoms with Crippen molar-refractivity contribution in [3.8, 4) is 11.5 Å². The van der Waals surface area contributed by atoms with E-state index in [1.807, 2.05) is 6.92 Å². The van der Waals surface area contributed by atoms with Gasteiger partial charge in [-0.3, -0.25) is 4.79 Å². The number of fused-ring (bicyclic) bond motifs is 1. The third-order valence-electron chi connectivity index (χ3n) is 7.31. The molecule has 1 aromatic rings. The second-order valence-corrected chi connectivity index (χ2v) is 12.6. The number of carbonyl (C=O) groups is 1. The van der Waals surface area contributed by atoms with Gasteiger partial charge in [0.05, 0.1) is 0 Å². The summed E-state index contributed by atoms with van der Waals surface area (Å²) < 4.78 is 12.7. The van der Waals surface area contributed by atoms with Gasteiger partial charge in [-0.1, -0.05) is 76.0 Å². The minimum absolute atomic E-state index is 0.150. The van der Waals surface area contributed by atoms with Gasteiger partial charge < -0.3 is 9.47 Å². The van der Waals surface area contributed by atoms with E-state index >= 15 is 0 Å². The highest BCUT2D eigenvalue weighted by atomic mass is 127. The highest BCUT2D eigenvalue weighted by Gasteiger charge is 2.39. The summed E-state index contributed by atoms with van der Waals surface area (Å²) in [6.45, 7) is 19.4. The van der Waals surface area contributed by atoms with Gasteiger partial charge in [0.2, 0.25) is 0 Å². The Morgan fingerprint density at radius 1 is 1.00 bits per heavy atom. The van der Waals surface area contributed by atoms with Gasteiger partial charge in [0.25, 0.3) is 0 Å². The number of hydrogen-bond donors (Lipinski definition) is 0. The van der Waals surface area contributed by atoms with E-state index in [9.17, 15) is 4.79 Å². The number of carbonyl (C=O) groups excluding carboxylic acids is 1. The molecule has 0 unspecified atom stereocenters. The van der Waals surface area contributed by atoms with Crippen molar-refractivity contribution < 1.29 is 14.3 Å². The number of hydrogen-bond acceptors (Lipinski definition) is 3. The van der Waals surface area contributed by atoms with E-state index in [1.54, 1.807) is 0 Å². The van der Waals surface area contributed by atoms with Gasteiger partial charge in [-0.15, -0.1) is 0 Å². The van der Waals surface area contributed by atoms with Crippen molar-refractivity contribution in [2.24, 2.45) is 17.8 Å². The van der Waals surface area contributed by atoms with E-state index in [-0.39, 0.29) is 11.6 Å². The maximum atomic E-state index is 11.6. The maximum Gasteiger partial charge on any atom is 0.308 e. The Hall–Kier alpha value is -0.780. The Balaban J connectivity index is 2.06. The number of alkyl halides is 1. The monoisotopic (exact) mass is 556 g/mol. The van der Waals surface area contributed by atoms with Crippen LogP contribution in [0.3, 0.4) is 0 Å². The van der Waals surface area contributed by atoms with Gasteiger partial charge in [-0.25, -0.2) is 0 Å². The van der Waals surface area contributed by atoms with Crippen LogP contribution >= 0.6 is 22.6 Å². The van der Waals surface area contributed by atoms with E-state index < -0.39 is 0 Å². The maximum absolute atomic E-state index is 11.6. The number of halogens is 1. The van der Waals surface area contributed by atoms with Gasteiger partial charge in [-0.2, -0.15) is 0 Å². The van der Waals surface area contributed by atoms with Gasteiger partial charge in [0, 0.05) is 28.4 Å². The van der Waals surface area contributed by atoms with E-state index in [4.69, 9.17) is 9.47 Å². The zero-order chi connectivity index (χ0) is 24.2. The summed E-state index contributed by atoms with van der Waals surface area (Å²) in [5.41, 5.74) is 4.20. The molecule has 182 valence electrons. The molecule has 0 radical (unpaired) electrons. The van der Waals surface area contributed by atoms with Crippen LogP contribution in [0.25, 0.3) is 0 Å². The van der Waals surface area contributed by atoms with E-state index in [0.717, 1.165) is 53.0 Å². The van der Waals surface area contributed by atoms with Crippen LogP contribution < -0.4 is 9.47 Å². The van der Waals surface area contributed by atoms with E-state index in [2.05, 4.69) is 71.1 Å². The van der Waals surface area contributed by atoms with Crippen molar-refractivity contribution in [1.29, 1.82) is 0 Å². The lowest BCUT2D eigenvalue weighted by atomic mass is 9.82. The van der Waals surface area contributed by atoms with Crippen LogP contribution in [0.5, 0.6) is 11.5 Å². The zero-order valence-electron chi connectivity index (χ0n) is 21.9. The molecule has 0 saturated carbocycles. The summed E-state index contributed by atoms with van der Waals surface area (Å²) in [7, 11) is 0. The fourth-order valence-electron chi connectivity index (χ4n) is 4.87. The molecule has 3 nitrogen and oxygen atoms in total. The molecule has 0 aliphatic carbocycles. The van der Waals surface area contributed by atoms with Crippen molar-refractivity contribution in [2.75, 3.05) is 0 Å². The summed E-state index contributed by atoms with van der Waals surface area (Å²) in [5, 5.41) is 0. The average Bonchev–Trinajstić information content (AvgIpc) is 2.70. The molecule has 2 rings (SSSR count). The van der Waals surface area contributed by atoms with E-state index in [0.29, 0.717) is 9.67 Å². The molecule has 0 N–H and O–H groups in total. The minimum Gasteiger partial charge on any atom is -0.487 e. The number of esters is 1. The molecule has 1 aromatic carbocycles. The minimum atomic E-state index is -0.269. The molecule has 4 heteroatoms. The zero-order valence-corrected chi connectivity index (χ0v) is 24.0. The second-order valence-electron chi connectivity index (χ2n) is 11.1. The fraction of sp³-hybridized carbons (Fsp3) is 0.750. The molecular weight excluding hydrogens is 511 g/mol. The Morgan fingerprint density at radius 3 is 2.12 bits per heavy atom. The molecule has 0 bridgehead atoms. The quantitative estimate of drug-likeness (QED) is 0.125. The van der Waals surface area contributed by atoms with Crippen molar-refractivity contribution in [3.05, 3.63) is 22.3 Å². The van der Waals surface area contributed by atoms with Gasteiger partial charge in [0.1, 0.15) is 17.1 Å².